The van der Waals surface area contributed by atoms with Crippen LogP contribution in [0.2, 0.25) is 5.02 Å². The SMILES string of the molecule is Cc1c(N2CC3CN(CCCCCCBr)CCN3C2=O)ccc(C#N)c1Cl. The number of fused-ring (bicyclic) bond motifs is 1. The van der Waals surface area contributed by atoms with Crippen LogP contribution in [0.1, 0.15) is 36.8 Å². The molecule has 2 heterocycles. The van der Waals surface area contributed by atoms with Gasteiger partial charge in [-0.1, -0.05) is 40.4 Å². The van der Waals surface area contributed by atoms with Gasteiger partial charge in [-0.2, -0.15) is 5.26 Å². The molecule has 2 aliphatic heterocycles. The van der Waals surface area contributed by atoms with Gasteiger partial charge >= 0.3 is 6.03 Å². The van der Waals surface area contributed by atoms with Gasteiger partial charge in [0.25, 0.3) is 0 Å². The molecular weight excluding hydrogens is 428 g/mol. The Morgan fingerprint density at radius 2 is 2.00 bits per heavy atom. The predicted octanol–water partition coefficient (Wildman–Crippen LogP) is 4.40. The Labute approximate surface area is 175 Å². The first-order chi connectivity index (χ1) is 13.1. The smallest absolute Gasteiger partial charge is 0.317 e. The van der Waals surface area contributed by atoms with Crippen molar-refractivity contribution >= 4 is 39.2 Å². The number of nitriles is 1. The van der Waals surface area contributed by atoms with E-state index in [0.29, 0.717) is 17.1 Å². The lowest BCUT2D eigenvalue weighted by Gasteiger charge is -2.36. The van der Waals surface area contributed by atoms with E-state index in [1.807, 2.05) is 22.8 Å². The van der Waals surface area contributed by atoms with Crippen molar-refractivity contribution in [3.63, 3.8) is 0 Å². The van der Waals surface area contributed by atoms with Crippen molar-refractivity contribution in [1.29, 1.82) is 5.26 Å². The highest BCUT2D eigenvalue weighted by atomic mass is 79.9. The third-order valence-corrected chi connectivity index (χ3v) is 6.61. The Kier molecular flexibility index (Phi) is 7.02. The first-order valence-electron chi connectivity index (χ1n) is 9.62. The number of unbranched alkanes of at least 4 members (excludes halogenated alkanes) is 3. The highest BCUT2D eigenvalue weighted by Gasteiger charge is 2.41. The maximum absolute atomic E-state index is 12.9. The molecule has 0 bridgehead atoms. The molecule has 1 aromatic carbocycles. The first kappa shape index (κ1) is 20.4. The third-order valence-electron chi connectivity index (χ3n) is 5.56. The van der Waals surface area contributed by atoms with Crippen LogP contribution in [0.25, 0.3) is 0 Å². The number of halogens is 2. The summed E-state index contributed by atoms with van der Waals surface area (Å²) in [6.07, 6.45) is 5.01. The van der Waals surface area contributed by atoms with E-state index in [1.54, 1.807) is 6.07 Å². The standard InChI is InChI=1S/C20H26BrClN4O/c1-15-18(7-6-16(12-23)19(15)22)26-14-17-13-24(9-5-3-2-4-8-21)10-11-25(17)20(26)27/h6-7,17H,2-5,8-11,13-14H2,1H3. The topological polar surface area (TPSA) is 50.6 Å². The molecule has 2 fully saturated rings. The van der Waals surface area contributed by atoms with Crippen molar-refractivity contribution in [3.8, 4) is 6.07 Å². The van der Waals surface area contributed by atoms with Gasteiger partial charge in [-0.3, -0.25) is 9.80 Å². The zero-order valence-corrected chi connectivity index (χ0v) is 18.1. The number of piperazine rings is 1. The number of carbonyl (C=O) groups is 1. The molecule has 5 nitrogen and oxygen atoms in total. The summed E-state index contributed by atoms with van der Waals surface area (Å²) in [4.78, 5) is 19.2. The summed E-state index contributed by atoms with van der Waals surface area (Å²) < 4.78 is 0. The first-order valence-corrected chi connectivity index (χ1v) is 11.1. The molecule has 0 aliphatic carbocycles. The Hall–Kier alpha value is -1.29. The molecule has 3 rings (SSSR count). The average molecular weight is 454 g/mol. The van der Waals surface area contributed by atoms with Crippen molar-refractivity contribution in [1.82, 2.24) is 9.80 Å². The highest BCUT2D eigenvalue weighted by molar-refractivity contribution is 9.09. The molecule has 1 unspecified atom stereocenters. The second-order valence-electron chi connectivity index (χ2n) is 7.33. The fraction of sp³-hybridized carbons (Fsp3) is 0.600. The molecule has 0 aromatic heterocycles. The fourth-order valence-corrected chi connectivity index (χ4v) is 4.61. The molecule has 2 aliphatic rings. The second kappa shape index (κ2) is 9.27. The number of benzene rings is 1. The van der Waals surface area contributed by atoms with Crippen molar-refractivity contribution < 1.29 is 4.79 Å². The minimum Gasteiger partial charge on any atom is -0.317 e. The number of hydrogen-bond donors (Lipinski definition) is 0. The van der Waals surface area contributed by atoms with E-state index in [-0.39, 0.29) is 12.1 Å². The van der Waals surface area contributed by atoms with Gasteiger partial charge in [0.2, 0.25) is 0 Å². The fourth-order valence-electron chi connectivity index (χ4n) is 4.01. The molecule has 0 N–H and O–H groups in total. The lowest BCUT2D eigenvalue weighted by Crippen LogP contribution is -2.52. The zero-order valence-electron chi connectivity index (χ0n) is 15.8. The largest absolute Gasteiger partial charge is 0.324 e. The van der Waals surface area contributed by atoms with E-state index in [0.717, 1.165) is 42.8 Å². The average Bonchev–Trinajstić information content (AvgIpc) is 2.99. The molecular formula is C20H26BrClN4O. The molecule has 7 heteroatoms. The maximum Gasteiger partial charge on any atom is 0.324 e. The summed E-state index contributed by atoms with van der Waals surface area (Å²) in [5, 5.41) is 10.7. The summed E-state index contributed by atoms with van der Waals surface area (Å²) in [5.74, 6) is 0. The maximum atomic E-state index is 12.9. The van der Waals surface area contributed by atoms with Gasteiger partial charge in [-0.15, -0.1) is 0 Å². The summed E-state index contributed by atoms with van der Waals surface area (Å²) in [5.41, 5.74) is 2.07. The summed E-state index contributed by atoms with van der Waals surface area (Å²) in [6.45, 7) is 6.34. The van der Waals surface area contributed by atoms with Crippen LogP contribution in [0.4, 0.5) is 10.5 Å². The Balaban J connectivity index is 1.63. The number of carbonyl (C=O) groups excluding carboxylic acids is 1. The van der Waals surface area contributed by atoms with Gasteiger partial charge in [0, 0.05) is 37.2 Å². The minimum atomic E-state index is 0.0563. The highest BCUT2D eigenvalue weighted by Crippen LogP contribution is 2.33. The van der Waals surface area contributed by atoms with E-state index in [4.69, 9.17) is 16.9 Å². The van der Waals surface area contributed by atoms with Gasteiger partial charge in [0.15, 0.2) is 0 Å². The van der Waals surface area contributed by atoms with Crippen LogP contribution < -0.4 is 4.90 Å². The van der Waals surface area contributed by atoms with Crippen LogP contribution >= 0.6 is 27.5 Å². The van der Waals surface area contributed by atoms with Crippen LogP contribution in [0.3, 0.4) is 0 Å². The quantitative estimate of drug-likeness (QED) is 0.454. The van der Waals surface area contributed by atoms with Crippen molar-refractivity contribution in [2.75, 3.05) is 43.0 Å². The van der Waals surface area contributed by atoms with E-state index in [1.165, 1.54) is 25.7 Å². The van der Waals surface area contributed by atoms with Crippen LogP contribution in [-0.2, 0) is 0 Å². The van der Waals surface area contributed by atoms with E-state index < -0.39 is 0 Å². The lowest BCUT2D eigenvalue weighted by atomic mass is 10.1. The number of amides is 2. The van der Waals surface area contributed by atoms with Gasteiger partial charge in [0.1, 0.15) is 6.07 Å². The summed E-state index contributed by atoms with van der Waals surface area (Å²) >= 11 is 9.79. The predicted molar refractivity (Wildman–Crippen MR) is 113 cm³/mol. The molecule has 1 aromatic rings. The number of alkyl halides is 1. The summed E-state index contributed by atoms with van der Waals surface area (Å²) in [7, 11) is 0. The molecule has 146 valence electrons. The van der Waals surface area contributed by atoms with Crippen molar-refractivity contribution in [3.05, 3.63) is 28.3 Å². The van der Waals surface area contributed by atoms with Crippen molar-refractivity contribution in [2.24, 2.45) is 0 Å². The van der Waals surface area contributed by atoms with Crippen LogP contribution in [-0.4, -0.2) is 59.9 Å². The molecule has 1 atom stereocenters. The monoisotopic (exact) mass is 452 g/mol. The lowest BCUT2D eigenvalue weighted by molar-refractivity contribution is 0.120. The summed E-state index contributed by atoms with van der Waals surface area (Å²) in [6, 6.07) is 5.93. The van der Waals surface area contributed by atoms with Gasteiger partial charge in [0.05, 0.1) is 16.6 Å². The Morgan fingerprint density at radius 1 is 1.22 bits per heavy atom. The van der Waals surface area contributed by atoms with Crippen LogP contribution in [0.5, 0.6) is 0 Å². The third kappa shape index (κ3) is 4.42. The number of nitrogens with zero attached hydrogens (tertiary/aromatic N) is 4. The van der Waals surface area contributed by atoms with E-state index in [2.05, 4.69) is 26.9 Å². The van der Waals surface area contributed by atoms with Gasteiger partial charge < -0.3 is 4.90 Å². The second-order valence-corrected chi connectivity index (χ2v) is 8.50. The molecule has 0 saturated carbocycles. The van der Waals surface area contributed by atoms with Crippen LogP contribution in [0, 0.1) is 18.3 Å². The van der Waals surface area contributed by atoms with Gasteiger partial charge in [-0.05, 0) is 44.0 Å². The molecule has 27 heavy (non-hydrogen) atoms. The molecule has 2 amide bonds. The molecule has 2 saturated heterocycles. The number of rotatable bonds is 7. The Bertz CT molecular complexity index is 735. The number of hydrogen-bond acceptors (Lipinski definition) is 3. The van der Waals surface area contributed by atoms with Crippen LogP contribution in [0.15, 0.2) is 12.1 Å². The number of urea groups is 1. The Morgan fingerprint density at radius 3 is 2.74 bits per heavy atom. The zero-order chi connectivity index (χ0) is 19.4. The number of anilines is 1. The van der Waals surface area contributed by atoms with Crippen molar-refractivity contribution in [2.45, 2.75) is 38.6 Å². The van der Waals surface area contributed by atoms with Gasteiger partial charge in [-0.25, -0.2) is 4.79 Å². The minimum absolute atomic E-state index is 0.0563. The molecule has 0 spiro atoms. The van der Waals surface area contributed by atoms with E-state index >= 15 is 0 Å². The molecule has 0 radical (unpaired) electrons. The van der Waals surface area contributed by atoms with E-state index in [9.17, 15) is 4.79 Å². The normalized spacial score (nSPS) is 20.1.